The molecule has 4 fully saturated rings. The van der Waals surface area contributed by atoms with E-state index in [1.807, 2.05) is 0 Å². The van der Waals surface area contributed by atoms with Crippen molar-refractivity contribution in [1.82, 2.24) is 0 Å². The fourth-order valence-corrected chi connectivity index (χ4v) is 5.86. The molecule has 0 aromatic heterocycles. The number of rotatable bonds is 2. The normalized spacial score (nSPS) is 46.4. The Morgan fingerprint density at radius 3 is 2.19 bits per heavy atom. The van der Waals surface area contributed by atoms with Gasteiger partial charge < -0.3 is 4.43 Å². The highest BCUT2D eigenvalue weighted by Crippen LogP contribution is 2.55. The van der Waals surface area contributed by atoms with E-state index < -0.39 is 8.32 Å². The lowest BCUT2D eigenvalue weighted by molar-refractivity contribution is -0.165. The molecule has 0 amide bonds. The third kappa shape index (κ3) is 1.60. The summed E-state index contributed by atoms with van der Waals surface area (Å²) in [5, 5.41) is 0. The average molecular weight is 238 g/mol. The largest absolute Gasteiger partial charge is 0.405 e. The second-order valence-corrected chi connectivity index (χ2v) is 11.5. The second kappa shape index (κ2) is 3.20. The third-order valence-electron chi connectivity index (χ3n) is 4.46. The summed E-state index contributed by atoms with van der Waals surface area (Å²) in [5.41, 5.74) is -0.334. The Labute approximate surface area is 98.9 Å². The second-order valence-electron chi connectivity index (χ2n) is 7.12. The highest BCUT2D eigenvalue weighted by Gasteiger charge is 2.58. The standard InChI is InChI=1S/C13H22O2Si/c1-16(2,3)15-13-7-9-4-10(8-13)6-11(5-9)12(13)14/h9-11H,4-8H2,1-3H3. The van der Waals surface area contributed by atoms with Crippen molar-refractivity contribution in [2.24, 2.45) is 17.8 Å². The first-order valence-corrected chi connectivity index (χ1v) is 10.0. The fraction of sp³-hybridized carbons (Fsp3) is 0.923. The molecule has 2 nitrogen and oxygen atoms in total. The van der Waals surface area contributed by atoms with Crippen LogP contribution in [0.3, 0.4) is 0 Å². The van der Waals surface area contributed by atoms with E-state index in [1.54, 1.807) is 0 Å². The maximum absolute atomic E-state index is 12.5. The van der Waals surface area contributed by atoms with Crippen molar-refractivity contribution in [3.8, 4) is 0 Å². The predicted octanol–water partition coefficient (Wildman–Crippen LogP) is 2.99. The molecule has 0 heterocycles. The Morgan fingerprint density at radius 2 is 1.69 bits per heavy atom. The van der Waals surface area contributed by atoms with Crippen molar-refractivity contribution >= 4 is 14.1 Å². The molecule has 16 heavy (non-hydrogen) atoms. The van der Waals surface area contributed by atoms with Gasteiger partial charge in [0, 0.05) is 5.92 Å². The van der Waals surface area contributed by atoms with E-state index in [4.69, 9.17) is 4.43 Å². The molecule has 4 aliphatic carbocycles. The minimum atomic E-state index is -1.61. The van der Waals surface area contributed by atoms with E-state index in [-0.39, 0.29) is 5.60 Å². The maximum Gasteiger partial charge on any atom is 0.185 e. The van der Waals surface area contributed by atoms with Gasteiger partial charge in [-0.3, -0.25) is 4.79 Å². The SMILES string of the molecule is C[Si](C)(C)OC12CC3CC(CC(C3)C1=O)C2. The van der Waals surface area contributed by atoms with Gasteiger partial charge in [0.25, 0.3) is 0 Å². The van der Waals surface area contributed by atoms with Gasteiger partial charge in [-0.25, -0.2) is 0 Å². The average Bonchev–Trinajstić information content (AvgIpc) is 2.09. The first-order chi connectivity index (χ1) is 7.38. The summed E-state index contributed by atoms with van der Waals surface area (Å²) in [5.74, 6) is 2.38. The van der Waals surface area contributed by atoms with E-state index in [9.17, 15) is 4.79 Å². The van der Waals surface area contributed by atoms with Crippen LogP contribution in [0.25, 0.3) is 0 Å². The Bertz CT molecular complexity index is 317. The summed E-state index contributed by atoms with van der Waals surface area (Å²) in [6.07, 6.45) is 5.74. The molecule has 0 aromatic rings. The number of carbonyl (C=O) groups excluding carboxylic acids is 1. The Hall–Kier alpha value is -0.153. The number of ketones is 1. The highest BCUT2D eigenvalue weighted by molar-refractivity contribution is 6.70. The number of carbonyl (C=O) groups is 1. The van der Waals surface area contributed by atoms with Crippen LogP contribution in [0.15, 0.2) is 0 Å². The van der Waals surface area contributed by atoms with Gasteiger partial charge in [-0.2, -0.15) is 0 Å². The van der Waals surface area contributed by atoms with Crippen molar-refractivity contribution in [1.29, 1.82) is 0 Å². The van der Waals surface area contributed by atoms with Crippen molar-refractivity contribution in [2.75, 3.05) is 0 Å². The van der Waals surface area contributed by atoms with E-state index in [0.29, 0.717) is 11.7 Å². The number of hydrogen-bond donors (Lipinski definition) is 0. The molecular weight excluding hydrogens is 216 g/mol. The van der Waals surface area contributed by atoms with Crippen LogP contribution >= 0.6 is 0 Å². The molecule has 2 unspecified atom stereocenters. The first-order valence-electron chi connectivity index (χ1n) is 6.62. The van der Waals surface area contributed by atoms with Crippen LogP contribution in [0.2, 0.25) is 19.6 Å². The zero-order valence-electron chi connectivity index (χ0n) is 10.6. The molecule has 3 heteroatoms. The number of Topliss-reactive ketones (excluding diaryl/α,β-unsaturated/α-hetero) is 1. The number of hydrogen-bond acceptors (Lipinski definition) is 2. The summed E-state index contributed by atoms with van der Waals surface area (Å²) < 4.78 is 6.34. The van der Waals surface area contributed by atoms with Crippen molar-refractivity contribution in [3.63, 3.8) is 0 Å². The zero-order chi connectivity index (χ0) is 11.6. The van der Waals surface area contributed by atoms with Crippen LogP contribution in [-0.4, -0.2) is 19.7 Å². The van der Waals surface area contributed by atoms with Crippen LogP contribution in [0.1, 0.15) is 32.1 Å². The lowest BCUT2D eigenvalue weighted by atomic mass is 9.54. The molecular formula is C13H22O2Si. The van der Waals surface area contributed by atoms with Crippen LogP contribution < -0.4 is 0 Å². The van der Waals surface area contributed by atoms with E-state index in [0.717, 1.165) is 37.5 Å². The molecule has 2 atom stereocenters. The van der Waals surface area contributed by atoms with Gasteiger partial charge in [-0.15, -0.1) is 0 Å². The van der Waals surface area contributed by atoms with Crippen LogP contribution in [0.5, 0.6) is 0 Å². The van der Waals surface area contributed by atoms with Gasteiger partial charge in [0.2, 0.25) is 0 Å². The zero-order valence-corrected chi connectivity index (χ0v) is 11.6. The van der Waals surface area contributed by atoms with Crippen LogP contribution in [-0.2, 0) is 9.22 Å². The molecule has 0 N–H and O–H groups in total. The molecule has 0 radical (unpaired) electrons. The Morgan fingerprint density at radius 1 is 1.12 bits per heavy atom. The molecule has 4 bridgehead atoms. The summed E-state index contributed by atoms with van der Waals surface area (Å²) in [6.45, 7) is 6.62. The van der Waals surface area contributed by atoms with Gasteiger partial charge >= 0.3 is 0 Å². The molecule has 0 aromatic carbocycles. The third-order valence-corrected chi connectivity index (χ3v) is 5.46. The Kier molecular flexibility index (Phi) is 2.19. The van der Waals surface area contributed by atoms with E-state index in [1.165, 1.54) is 6.42 Å². The smallest absolute Gasteiger partial charge is 0.185 e. The Balaban J connectivity index is 1.91. The molecule has 90 valence electrons. The van der Waals surface area contributed by atoms with Crippen LogP contribution in [0, 0.1) is 17.8 Å². The van der Waals surface area contributed by atoms with Crippen LogP contribution in [0.4, 0.5) is 0 Å². The summed E-state index contributed by atoms with van der Waals surface area (Å²) in [7, 11) is -1.61. The maximum atomic E-state index is 12.5. The first kappa shape index (κ1) is 11.0. The lowest BCUT2D eigenvalue weighted by Crippen LogP contribution is -2.61. The molecule has 4 aliphatic rings. The van der Waals surface area contributed by atoms with Gasteiger partial charge in [0.1, 0.15) is 5.60 Å². The minimum absolute atomic E-state index is 0.334. The van der Waals surface area contributed by atoms with Gasteiger partial charge in [0.05, 0.1) is 0 Å². The van der Waals surface area contributed by atoms with Crippen molar-refractivity contribution in [3.05, 3.63) is 0 Å². The van der Waals surface area contributed by atoms with Crippen molar-refractivity contribution in [2.45, 2.75) is 57.3 Å². The molecule has 0 spiro atoms. The van der Waals surface area contributed by atoms with Gasteiger partial charge in [-0.05, 0) is 63.6 Å². The minimum Gasteiger partial charge on any atom is -0.405 e. The molecule has 0 aliphatic heterocycles. The topological polar surface area (TPSA) is 26.3 Å². The van der Waals surface area contributed by atoms with E-state index in [2.05, 4.69) is 19.6 Å². The summed E-state index contributed by atoms with van der Waals surface area (Å²) in [4.78, 5) is 12.5. The molecule has 0 saturated heterocycles. The molecule has 4 saturated carbocycles. The predicted molar refractivity (Wildman–Crippen MR) is 65.7 cm³/mol. The van der Waals surface area contributed by atoms with Gasteiger partial charge in [-0.1, -0.05) is 0 Å². The highest BCUT2D eigenvalue weighted by atomic mass is 28.4. The summed E-state index contributed by atoms with van der Waals surface area (Å²) in [6, 6.07) is 0. The van der Waals surface area contributed by atoms with Crippen molar-refractivity contribution < 1.29 is 9.22 Å². The van der Waals surface area contributed by atoms with E-state index >= 15 is 0 Å². The summed E-state index contributed by atoms with van der Waals surface area (Å²) >= 11 is 0. The molecule has 4 rings (SSSR count). The lowest BCUT2D eigenvalue weighted by Gasteiger charge is -2.56. The monoisotopic (exact) mass is 238 g/mol. The van der Waals surface area contributed by atoms with Gasteiger partial charge in [0.15, 0.2) is 14.1 Å². The fourth-order valence-electron chi connectivity index (χ4n) is 4.42. The quantitative estimate of drug-likeness (QED) is 0.691.